The molecule has 3 rings (SSSR count). The molecule has 2 aliphatic heterocycles. The average Bonchev–Trinajstić information content (AvgIpc) is 2.52. The molecule has 7 nitrogen and oxygen atoms in total. The van der Waals surface area contributed by atoms with Crippen molar-refractivity contribution < 1.29 is 9.59 Å². The van der Waals surface area contributed by atoms with E-state index in [0.29, 0.717) is 18.7 Å². The topological polar surface area (TPSA) is 86.4 Å². The highest BCUT2D eigenvalue weighted by atomic mass is 16.2. The average molecular weight is 289 g/mol. The zero-order valence-electron chi connectivity index (χ0n) is 11.8. The molecule has 0 aromatic carbocycles. The van der Waals surface area contributed by atoms with E-state index in [0.717, 1.165) is 31.9 Å². The van der Waals surface area contributed by atoms with Crippen LogP contribution in [-0.4, -0.2) is 49.0 Å². The molecule has 3 N–H and O–H groups in total. The summed E-state index contributed by atoms with van der Waals surface area (Å²) in [6, 6.07) is 3.49. The van der Waals surface area contributed by atoms with Crippen LogP contribution in [0.25, 0.3) is 0 Å². The summed E-state index contributed by atoms with van der Waals surface area (Å²) in [5.41, 5.74) is 1.09. The van der Waals surface area contributed by atoms with E-state index in [9.17, 15) is 9.59 Å². The molecule has 0 aliphatic carbocycles. The number of hydrogen-bond acceptors (Lipinski definition) is 6. The third-order valence-corrected chi connectivity index (χ3v) is 3.79. The molecule has 3 heterocycles. The minimum atomic E-state index is -0.389. The lowest BCUT2D eigenvalue weighted by molar-refractivity contribution is -0.133. The Morgan fingerprint density at radius 1 is 1.24 bits per heavy atom. The number of nitrogens with zero attached hydrogens (tertiary/aromatic N) is 2. The lowest BCUT2D eigenvalue weighted by Gasteiger charge is -2.29. The van der Waals surface area contributed by atoms with Gasteiger partial charge in [-0.3, -0.25) is 14.9 Å². The summed E-state index contributed by atoms with van der Waals surface area (Å²) in [5, 5.41) is 8.72. The number of amides is 2. The van der Waals surface area contributed by atoms with Gasteiger partial charge in [0.1, 0.15) is 11.9 Å². The molecule has 0 spiro atoms. The van der Waals surface area contributed by atoms with Gasteiger partial charge in [-0.25, -0.2) is 4.98 Å². The van der Waals surface area contributed by atoms with Crippen molar-refractivity contribution in [2.45, 2.75) is 18.9 Å². The maximum atomic E-state index is 11.7. The number of imide groups is 1. The number of pyridine rings is 1. The quantitative estimate of drug-likeness (QED) is 0.663. The van der Waals surface area contributed by atoms with Crippen LogP contribution < -0.4 is 20.9 Å². The second-order valence-corrected chi connectivity index (χ2v) is 5.29. The van der Waals surface area contributed by atoms with E-state index in [4.69, 9.17) is 0 Å². The number of rotatable bonds is 3. The predicted molar refractivity (Wildman–Crippen MR) is 79.1 cm³/mol. The van der Waals surface area contributed by atoms with Gasteiger partial charge < -0.3 is 15.5 Å². The Morgan fingerprint density at radius 3 is 2.71 bits per heavy atom. The highest BCUT2D eigenvalue weighted by Gasteiger charge is 2.26. The Labute approximate surface area is 123 Å². The van der Waals surface area contributed by atoms with Crippen LogP contribution >= 0.6 is 0 Å². The lowest BCUT2D eigenvalue weighted by Crippen LogP contribution is -2.47. The van der Waals surface area contributed by atoms with Gasteiger partial charge in [-0.05, 0) is 18.6 Å². The largest absolute Gasteiger partial charge is 0.368 e. The molecule has 0 radical (unpaired) electrons. The molecule has 1 aromatic heterocycles. The van der Waals surface area contributed by atoms with Crippen LogP contribution in [0, 0.1) is 0 Å². The maximum Gasteiger partial charge on any atom is 0.249 e. The van der Waals surface area contributed by atoms with Crippen molar-refractivity contribution in [3.63, 3.8) is 0 Å². The number of nitrogens with one attached hydrogen (secondary N) is 3. The van der Waals surface area contributed by atoms with Gasteiger partial charge >= 0.3 is 0 Å². The number of piperazine rings is 1. The van der Waals surface area contributed by atoms with Crippen molar-refractivity contribution >= 4 is 23.3 Å². The minimum absolute atomic E-state index is 0.208. The molecule has 112 valence electrons. The fourth-order valence-corrected chi connectivity index (χ4v) is 2.59. The van der Waals surface area contributed by atoms with Crippen LogP contribution in [0.1, 0.15) is 12.8 Å². The monoisotopic (exact) mass is 289 g/mol. The molecule has 2 aliphatic rings. The van der Waals surface area contributed by atoms with Crippen LogP contribution in [0.15, 0.2) is 18.3 Å². The summed E-state index contributed by atoms with van der Waals surface area (Å²) in [4.78, 5) is 29.4. The van der Waals surface area contributed by atoms with Crippen molar-refractivity contribution in [1.29, 1.82) is 0 Å². The van der Waals surface area contributed by atoms with Gasteiger partial charge in [-0.15, -0.1) is 0 Å². The van der Waals surface area contributed by atoms with Crippen molar-refractivity contribution in [3.05, 3.63) is 18.3 Å². The van der Waals surface area contributed by atoms with Crippen LogP contribution in [0.4, 0.5) is 11.5 Å². The molecule has 2 amide bonds. The van der Waals surface area contributed by atoms with Gasteiger partial charge in [0.05, 0.1) is 11.9 Å². The highest BCUT2D eigenvalue weighted by Crippen LogP contribution is 2.17. The Morgan fingerprint density at radius 2 is 2.05 bits per heavy atom. The fraction of sp³-hybridized carbons (Fsp3) is 0.500. The standard InChI is InChI=1S/C14H19N5O2/c20-13-4-2-11(14(21)18-13)17-12-3-1-10(9-16-12)19-7-5-15-6-8-19/h1,3,9,11,15H,2,4-8H2,(H,16,17)(H,18,20,21). The van der Waals surface area contributed by atoms with Crippen molar-refractivity contribution in [1.82, 2.24) is 15.6 Å². The summed E-state index contributed by atoms with van der Waals surface area (Å²) in [7, 11) is 0. The number of aromatic nitrogens is 1. The summed E-state index contributed by atoms with van der Waals surface area (Å²) in [6.45, 7) is 3.91. The van der Waals surface area contributed by atoms with Gasteiger partial charge in [-0.2, -0.15) is 0 Å². The number of carbonyl (C=O) groups excluding carboxylic acids is 2. The van der Waals surface area contributed by atoms with Gasteiger partial charge in [-0.1, -0.05) is 0 Å². The minimum Gasteiger partial charge on any atom is -0.368 e. The molecule has 21 heavy (non-hydrogen) atoms. The van der Waals surface area contributed by atoms with E-state index in [1.54, 1.807) is 0 Å². The summed E-state index contributed by atoms with van der Waals surface area (Å²) >= 11 is 0. The molecular formula is C14H19N5O2. The first kappa shape index (κ1) is 13.8. The van der Waals surface area contributed by atoms with Crippen LogP contribution in [0.2, 0.25) is 0 Å². The predicted octanol–water partition coefficient (Wildman–Crippen LogP) is -0.292. The van der Waals surface area contributed by atoms with Gasteiger partial charge in [0.2, 0.25) is 11.8 Å². The number of hydrogen-bond donors (Lipinski definition) is 3. The number of anilines is 2. The van der Waals surface area contributed by atoms with Crippen LogP contribution in [-0.2, 0) is 9.59 Å². The maximum absolute atomic E-state index is 11.7. The fourth-order valence-electron chi connectivity index (χ4n) is 2.59. The van der Waals surface area contributed by atoms with Gasteiger partial charge in [0.25, 0.3) is 0 Å². The first-order chi connectivity index (χ1) is 10.2. The third-order valence-electron chi connectivity index (χ3n) is 3.79. The molecule has 0 bridgehead atoms. The van der Waals surface area contributed by atoms with Crippen LogP contribution in [0.5, 0.6) is 0 Å². The van der Waals surface area contributed by atoms with Gasteiger partial charge in [0, 0.05) is 32.6 Å². The number of carbonyl (C=O) groups is 2. The first-order valence-corrected chi connectivity index (χ1v) is 7.24. The number of piperidine rings is 1. The Balaban J connectivity index is 1.61. The van der Waals surface area contributed by atoms with Crippen molar-refractivity contribution in [2.24, 2.45) is 0 Å². The molecule has 0 saturated carbocycles. The second-order valence-electron chi connectivity index (χ2n) is 5.29. The van der Waals surface area contributed by atoms with E-state index < -0.39 is 0 Å². The highest BCUT2D eigenvalue weighted by molar-refractivity contribution is 6.01. The zero-order chi connectivity index (χ0) is 14.7. The van der Waals surface area contributed by atoms with E-state index in [1.165, 1.54) is 0 Å². The Bertz CT molecular complexity index is 525. The Kier molecular flexibility index (Phi) is 4.01. The summed E-state index contributed by atoms with van der Waals surface area (Å²) < 4.78 is 0. The molecule has 7 heteroatoms. The van der Waals surface area contributed by atoms with E-state index >= 15 is 0 Å². The van der Waals surface area contributed by atoms with E-state index in [2.05, 4.69) is 25.8 Å². The van der Waals surface area contributed by atoms with Crippen molar-refractivity contribution in [2.75, 3.05) is 36.4 Å². The normalized spacial score (nSPS) is 22.9. The first-order valence-electron chi connectivity index (χ1n) is 7.24. The third kappa shape index (κ3) is 3.30. The van der Waals surface area contributed by atoms with Crippen molar-refractivity contribution in [3.8, 4) is 0 Å². The van der Waals surface area contributed by atoms with E-state index in [-0.39, 0.29) is 17.9 Å². The lowest BCUT2D eigenvalue weighted by atomic mass is 10.1. The SMILES string of the molecule is O=C1CCC(Nc2ccc(N3CCNCC3)cn2)C(=O)N1. The van der Waals surface area contributed by atoms with E-state index in [1.807, 2.05) is 18.3 Å². The zero-order valence-corrected chi connectivity index (χ0v) is 11.8. The second kappa shape index (κ2) is 6.09. The smallest absolute Gasteiger partial charge is 0.249 e. The van der Waals surface area contributed by atoms with Crippen LogP contribution in [0.3, 0.4) is 0 Å². The molecule has 1 unspecified atom stereocenters. The summed E-state index contributed by atoms with van der Waals surface area (Å²) in [5.74, 6) is 0.169. The molecule has 2 fully saturated rings. The molecular weight excluding hydrogens is 270 g/mol. The Hall–Kier alpha value is -2.15. The molecule has 1 atom stereocenters. The van der Waals surface area contributed by atoms with Gasteiger partial charge in [0.15, 0.2) is 0 Å². The molecule has 1 aromatic rings. The molecule has 2 saturated heterocycles. The summed E-state index contributed by atoms with van der Waals surface area (Å²) in [6.07, 6.45) is 2.69.